The molecule has 1 nitrogen and oxygen atoms in total. The van der Waals surface area contributed by atoms with E-state index in [1.807, 2.05) is 22.6 Å². The van der Waals surface area contributed by atoms with Crippen LogP contribution in [0.5, 0.6) is 0 Å². The van der Waals surface area contributed by atoms with Gasteiger partial charge in [0.2, 0.25) is 0 Å². The summed E-state index contributed by atoms with van der Waals surface area (Å²) >= 11 is 1.95. The molecule has 2 N–H and O–H groups in total. The largest absolute Gasteiger partial charge is 0.320 e. The molecule has 3 heteroatoms. The third-order valence-corrected chi connectivity index (χ3v) is 0.550. The van der Waals surface area contributed by atoms with Gasteiger partial charge in [0.05, 0.1) is 6.54 Å². The number of hydrogen-bond donors (Lipinski definition) is 1. The van der Waals surface area contributed by atoms with E-state index in [1.165, 1.54) is 0 Å². The van der Waals surface area contributed by atoms with Gasteiger partial charge in [0.1, 0.15) is 0 Å². The van der Waals surface area contributed by atoms with Crippen molar-refractivity contribution in [2.45, 2.75) is 0 Å². The summed E-state index contributed by atoms with van der Waals surface area (Å²) in [6, 6.07) is 0. The van der Waals surface area contributed by atoms with Gasteiger partial charge >= 0.3 is 0 Å². The van der Waals surface area contributed by atoms with Gasteiger partial charge < -0.3 is 5.73 Å². The molecule has 0 spiro atoms. The third kappa shape index (κ3) is 8.82. The molecule has 0 bridgehead atoms. The van der Waals surface area contributed by atoms with E-state index >= 15 is 0 Å². The average molecular weight is 217 g/mol. The lowest BCUT2D eigenvalue weighted by Crippen LogP contribution is -1.91. The monoisotopic (exact) mass is 217 g/mol. The molecule has 6 heavy (non-hydrogen) atoms. The van der Waals surface area contributed by atoms with Crippen LogP contribution in [-0.2, 0) is 0 Å². The van der Waals surface area contributed by atoms with Crippen molar-refractivity contribution in [3.8, 4) is 9.85 Å². The molecule has 0 fully saturated rings. The normalized spacial score (nSPS) is 4.33. The highest BCUT2D eigenvalue weighted by Gasteiger charge is 1.48. The van der Waals surface area contributed by atoms with Crippen molar-refractivity contribution in [3.05, 3.63) is 0 Å². The van der Waals surface area contributed by atoms with Gasteiger partial charge in [-0.05, 0) is 3.93 Å². The molecule has 0 amide bonds. The van der Waals surface area contributed by atoms with Crippen LogP contribution in [-0.4, -0.2) is 6.54 Å². The molecule has 0 rings (SSSR count). The summed E-state index contributed by atoms with van der Waals surface area (Å²) < 4.78 is 2.61. The molecule has 36 valence electrons. The zero-order valence-electron chi connectivity index (χ0n) is 3.07. The Kier molecular flexibility index (Phi) is 14.8. The molecule has 0 atom stereocenters. The van der Waals surface area contributed by atoms with Crippen molar-refractivity contribution < 1.29 is 0 Å². The molecule has 0 heterocycles. The van der Waals surface area contributed by atoms with Gasteiger partial charge in [0, 0.05) is 22.6 Å². The number of hydrogen-bond acceptors (Lipinski definition) is 1. The molecule has 0 saturated carbocycles. The Hall–Kier alpha value is 0.540. The van der Waals surface area contributed by atoms with Gasteiger partial charge in [0.15, 0.2) is 0 Å². The van der Waals surface area contributed by atoms with Crippen molar-refractivity contribution in [1.82, 2.24) is 0 Å². The maximum Gasteiger partial charge on any atom is 0.0559 e. The van der Waals surface area contributed by atoms with Gasteiger partial charge in [0.25, 0.3) is 0 Å². The highest BCUT2D eigenvalue weighted by Crippen LogP contribution is 1.65. The zero-order valence-corrected chi connectivity index (χ0v) is 6.04. The number of halogens is 2. The minimum atomic E-state index is 0. The fourth-order valence-electron chi connectivity index (χ4n) is 0.0386. The summed E-state index contributed by atoms with van der Waals surface area (Å²) in [5.74, 6) is 2.63. The van der Waals surface area contributed by atoms with Gasteiger partial charge in [-0.15, -0.1) is 12.4 Å². The van der Waals surface area contributed by atoms with Gasteiger partial charge in [-0.1, -0.05) is 5.92 Å². The topological polar surface area (TPSA) is 26.0 Å². The second-order valence-electron chi connectivity index (χ2n) is 0.475. The van der Waals surface area contributed by atoms with Crippen molar-refractivity contribution in [1.29, 1.82) is 0 Å². The quantitative estimate of drug-likeness (QED) is 0.471. The van der Waals surface area contributed by atoms with Crippen molar-refractivity contribution in [3.63, 3.8) is 0 Å². The molecule has 0 saturated heterocycles. The molecule has 0 aromatic carbocycles. The van der Waals surface area contributed by atoms with Crippen molar-refractivity contribution >= 4 is 35.0 Å². The molecule has 0 aliphatic rings. The maximum atomic E-state index is 4.96. The molecule has 0 aromatic heterocycles. The first-order chi connectivity index (χ1) is 2.41. The highest BCUT2D eigenvalue weighted by atomic mass is 127. The number of nitrogens with two attached hydrogens (primary N) is 1. The van der Waals surface area contributed by atoms with Gasteiger partial charge in [-0.2, -0.15) is 0 Å². The van der Waals surface area contributed by atoms with E-state index in [2.05, 4.69) is 9.85 Å². The Morgan fingerprint density at radius 1 is 1.67 bits per heavy atom. The van der Waals surface area contributed by atoms with Crippen molar-refractivity contribution in [2.75, 3.05) is 6.54 Å². The molecular weight excluding hydrogens is 212 g/mol. The lowest BCUT2D eigenvalue weighted by molar-refractivity contribution is 1.30. The summed E-state index contributed by atoms with van der Waals surface area (Å²) in [4.78, 5) is 0. The van der Waals surface area contributed by atoms with E-state index in [1.54, 1.807) is 0 Å². The van der Waals surface area contributed by atoms with E-state index < -0.39 is 0 Å². The molecule has 0 radical (unpaired) electrons. The molecule has 0 unspecified atom stereocenters. The van der Waals surface area contributed by atoms with Crippen LogP contribution in [0.15, 0.2) is 0 Å². The average Bonchev–Trinajstić information content (AvgIpc) is 1.41. The molecule has 0 aliphatic heterocycles. The fourth-order valence-corrected chi connectivity index (χ4v) is 0.259. The fraction of sp³-hybridized carbons (Fsp3) is 0.333. The van der Waals surface area contributed by atoms with Crippen LogP contribution in [0.2, 0.25) is 0 Å². The smallest absolute Gasteiger partial charge is 0.0559 e. The molecular formula is C3H5ClIN. The van der Waals surface area contributed by atoms with Crippen LogP contribution >= 0.6 is 35.0 Å². The predicted octanol–water partition coefficient (Wildman–Crippen LogP) is 0.763. The first kappa shape index (κ1) is 9.74. The van der Waals surface area contributed by atoms with Gasteiger partial charge in [-0.3, -0.25) is 0 Å². The zero-order chi connectivity index (χ0) is 4.12. The highest BCUT2D eigenvalue weighted by molar-refractivity contribution is 14.1. The lowest BCUT2D eigenvalue weighted by Gasteiger charge is -1.59. The maximum absolute atomic E-state index is 4.96. The van der Waals surface area contributed by atoms with E-state index in [0.717, 1.165) is 0 Å². The first-order valence-corrected chi connectivity index (χ1v) is 2.28. The van der Waals surface area contributed by atoms with Crippen molar-refractivity contribution in [2.24, 2.45) is 5.73 Å². The minimum absolute atomic E-state index is 0. The first-order valence-electron chi connectivity index (χ1n) is 1.20. The Morgan fingerprint density at radius 2 is 2.17 bits per heavy atom. The van der Waals surface area contributed by atoms with Crippen LogP contribution in [0.1, 0.15) is 0 Å². The summed E-state index contributed by atoms with van der Waals surface area (Å²) in [5, 5.41) is 0. The Balaban J connectivity index is 0. The van der Waals surface area contributed by atoms with E-state index in [0.29, 0.717) is 6.54 Å². The summed E-state index contributed by atoms with van der Waals surface area (Å²) in [5.41, 5.74) is 4.96. The van der Waals surface area contributed by atoms with E-state index in [9.17, 15) is 0 Å². The van der Waals surface area contributed by atoms with E-state index in [-0.39, 0.29) is 12.4 Å². The van der Waals surface area contributed by atoms with Crippen LogP contribution < -0.4 is 5.73 Å². The molecule has 0 aromatic rings. The molecule has 0 aliphatic carbocycles. The van der Waals surface area contributed by atoms with Crippen LogP contribution in [0.25, 0.3) is 0 Å². The van der Waals surface area contributed by atoms with Crippen LogP contribution in [0.3, 0.4) is 0 Å². The van der Waals surface area contributed by atoms with Crippen LogP contribution in [0, 0.1) is 9.85 Å². The Morgan fingerprint density at radius 3 is 2.17 bits per heavy atom. The Labute approximate surface area is 57.2 Å². The standard InChI is InChI=1S/C3H4IN.ClH/c4-2-1-3-5;/h3,5H2;1H. The predicted molar refractivity (Wildman–Crippen MR) is 38.1 cm³/mol. The second-order valence-corrected chi connectivity index (χ2v) is 1.01. The van der Waals surface area contributed by atoms with E-state index in [4.69, 9.17) is 5.73 Å². The lowest BCUT2D eigenvalue weighted by atomic mass is 10.7. The summed E-state index contributed by atoms with van der Waals surface area (Å²) in [7, 11) is 0. The number of rotatable bonds is 0. The van der Waals surface area contributed by atoms with Crippen LogP contribution in [0.4, 0.5) is 0 Å². The second kappa shape index (κ2) is 9.11. The minimum Gasteiger partial charge on any atom is -0.320 e. The summed E-state index contributed by atoms with van der Waals surface area (Å²) in [6.45, 7) is 0.475. The summed E-state index contributed by atoms with van der Waals surface area (Å²) in [6.07, 6.45) is 0. The third-order valence-electron chi connectivity index (χ3n) is 0.169. The Bertz CT molecular complexity index is 62.9. The SMILES string of the molecule is Cl.NCC#CI. The van der Waals surface area contributed by atoms with Gasteiger partial charge in [-0.25, -0.2) is 0 Å².